The van der Waals surface area contributed by atoms with E-state index in [9.17, 15) is 4.79 Å². The molecule has 0 saturated heterocycles. The second kappa shape index (κ2) is 8.34. The largest absolute Gasteiger partial charge is 0.467 e. The maximum absolute atomic E-state index is 12.8. The topological polar surface area (TPSA) is 33.5 Å². The summed E-state index contributed by atoms with van der Waals surface area (Å²) in [5.74, 6) is 0.946. The average Bonchev–Trinajstić information content (AvgIpc) is 3.13. The van der Waals surface area contributed by atoms with Crippen molar-refractivity contribution >= 4 is 5.91 Å². The van der Waals surface area contributed by atoms with Gasteiger partial charge in [-0.1, -0.05) is 60.2 Å². The van der Waals surface area contributed by atoms with Crippen LogP contribution in [-0.4, -0.2) is 10.8 Å². The van der Waals surface area contributed by atoms with Gasteiger partial charge in [0.1, 0.15) is 5.76 Å². The number of nitrogens with zero attached hydrogens (tertiary/aromatic N) is 1. The first-order valence-corrected chi connectivity index (χ1v) is 8.60. The van der Waals surface area contributed by atoms with Gasteiger partial charge in [0.05, 0.1) is 12.8 Å². The highest BCUT2D eigenvalue weighted by molar-refractivity contribution is 5.76. The Bertz CT molecular complexity index is 794. The normalized spacial score (nSPS) is 10.6. The fourth-order valence-corrected chi connectivity index (χ4v) is 2.90. The summed E-state index contributed by atoms with van der Waals surface area (Å²) < 4.78 is 5.44. The van der Waals surface area contributed by atoms with Crippen molar-refractivity contribution in [1.82, 2.24) is 4.90 Å². The van der Waals surface area contributed by atoms with Crippen LogP contribution in [0, 0.1) is 6.92 Å². The molecule has 0 spiro atoms. The van der Waals surface area contributed by atoms with Crippen LogP contribution < -0.4 is 0 Å². The lowest BCUT2D eigenvalue weighted by Gasteiger charge is -2.22. The summed E-state index contributed by atoms with van der Waals surface area (Å²) in [4.78, 5) is 14.7. The predicted octanol–water partition coefficient (Wildman–Crippen LogP) is 4.75. The van der Waals surface area contributed by atoms with Gasteiger partial charge in [-0.05, 0) is 36.6 Å². The molecular formula is C22H23NO2. The van der Waals surface area contributed by atoms with Gasteiger partial charge in [-0.3, -0.25) is 4.79 Å². The van der Waals surface area contributed by atoms with Crippen molar-refractivity contribution in [1.29, 1.82) is 0 Å². The summed E-state index contributed by atoms with van der Waals surface area (Å²) >= 11 is 0. The number of aryl methyl sites for hydroxylation is 2. The first-order valence-electron chi connectivity index (χ1n) is 8.60. The average molecular weight is 333 g/mol. The van der Waals surface area contributed by atoms with Crippen LogP contribution in [0.3, 0.4) is 0 Å². The van der Waals surface area contributed by atoms with Gasteiger partial charge in [0.2, 0.25) is 5.91 Å². The standard InChI is InChI=1S/C22H23NO2/c1-18-7-5-10-19(15-18)12-13-22(24)23(17-21-11-6-14-25-21)16-20-8-3-2-4-9-20/h2-11,14-15H,12-13,16-17H2,1H3. The molecule has 0 aliphatic heterocycles. The Hall–Kier alpha value is -2.81. The van der Waals surface area contributed by atoms with E-state index in [0.29, 0.717) is 19.5 Å². The lowest BCUT2D eigenvalue weighted by atomic mass is 10.1. The minimum atomic E-state index is 0.141. The summed E-state index contributed by atoms with van der Waals surface area (Å²) in [5.41, 5.74) is 3.55. The molecule has 0 radical (unpaired) electrons. The number of hydrogen-bond donors (Lipinski definition) is 0. The lowest BCUT2D eigenvalue weighted by Crippen LogP contribution is -2.30. The number of amides is 1. The van der Waals surface area contributed by atoms with E-state index in [1.54, 1.807) is 6.26 Å². The zero-order valence-electron chi connectivity index (χ0n) is 14.5. The van der Waals surface area contributed by atoms with Crippen LogP contribution in [0.15, 0.2) is 77.4 Å². The van der Waals surface area contributed by atoms with Gasteiger partial charge in [-0.15, -0.1) is 0 Å². The first-order chi connectivity index (χ1) is 12.2. The van der Waals surface area contributed by atoms with Crippen LogP contribution in [0.2, 0.25) is 0 Å². The molecule has 0 atom stereocenters. The van der Waals surface area contributed by atoms with E-state index >= 15 is 0 Å². The van der Waals surface area contributed by atoms with Crippen molar-refractivity contribution < 1.29 is 9.21 Å². The predicted molar refractivity (Wildman–Crippen MR) is 98.9 cm³/mol. The number of furan rings is 1. The molecule has 25 heavy (non-hydrogen) atoms. The molecule has 128 valence electrons. The third kappa shape index (κ3) is 5.08. The second-order valence-corrected chi connectivity index (χ2v) is 6.30. The maximum atomic E-state index is 12.8. The molecule has 0 unspecified atom stereocenters. The highest BCUT2D eigenvalue weighted by Gasteiger charge is 2.16. The Morgan fingerprint density at radius 1 is 0.920 bits per heavy atom. The van der Waals surface area contributed by atoms with Crippen LogP contribution in [0.5, 0.6) is 0 Å². The molecular weight excluding hydrogens is 310 g/mol. The molecule has 0 fully saturated rings. The SMILES string of the molecule is Cc1cccc(CCC(=O)N(Cc2ccccc2)Cc2ccco2)c1. The summed E-state index contributed by atoms with van der Waals surface area (Å²) in [6.45, 7) is 3.16. The monoisotopic (exact) mass is 333 g/mol. The van der Waals surface area contributed by atoms with Crippen molar-refractivity contribution in [2.24, 2.45) is 0 Å². The number of rotatable bonds is 7. The van der Waals surface area contributed by atoms with Gasteiger partial charge in [0, 0.05) is 13.0 Å². The summed E-state index contributed by atoms with van der Waals surface area (Å²) in [6.07, 6.45) is 2.90. The number of carbonyl (C=O) groups excluding carboxylic acids is 1. The van der Waals surface area contributed by atoms with Gasteiger partial charge < -0.3 is 9.32 Å². The van der Waals surface area contributed by atoms with Gasteiger partial charge >= 0.3 is 0 Å². The zero-order chi connectivity index (χ0) is 17.5. The molecule has 3 rings (SSSR count). The number of benzene rings is 2. The molecule has 3 heteroatoms. The molecule has 1 heterocycles. The Kier molecular flexibility index (Phi) is 5.68. The highest BCUT2D eigenvalue weighted by atomic mass is 16.3. The van der Waals surface area contributed by atoms with Gasteiger partial charge in [-0.25, -0.2) is 0 Å². The molecule has 0 aliphatic carbocycles. The van der Waals surface area contributed by atoms with Crippen LogP contribution >= 0.6 is 0 Å². The fraction of sp³-hybridized carbons (Fsp3) is 0.227. The van der Waals surface area contributed by atoms with Crippen molar-refractivity contribution in [2.75, 3.05) is 0 Å². The van der Waals surface area contributed by atoms with Crippen LogP contribution in [0.1, 0.15) is 28.9 Å². The number of carbonyl (C=O) groups is 1. The molecule has 0 bridgehead atoms. The van der Waals surface area contributed by atoms with E-state index in [2.05, 4.69) is 25.1 Å². The van der Waals surface area contributed by atoms with Crippen LogP contribution in [0.4, 0.5) is 0 Å². The third-order valence-electron chi connectivity index (χ3n) is 4.21. The molecule has 0 saturated carbocycles. The van der Waals surface area contributed by atoms with E-state index < -0.39 is 0 Å². The van der Waals surface area contributed by atoms with Crippen LogP contribution in [-0.2, 0) is 24.3 Å². The maximum Gasteiger partial charge on any atom is 0.223 e. The third-order valence-corrected chi connectivity index (χ3v) is 4.21. The molecule has 2 aromatic carbocycles. The highest BCUT2D eigenvalue weighted by Crippen LogP contribution is 2.14. The second-order valence-electron chi connectivity index (χ2n) is 6.30. The smallest absolute Gasteiger partial charge is 0.223 e. The Labute approximate surface area is 148 Å². The quantitative estimate of drug-likeness (QED) is 0.625. The van der Waals surface area contributed by atoms with Crippen molar-refractivity contribution in [3.8, 4) is 0 Å². The van der Waals surface area contributed by atoms with E-state index in [4.69, 9.17) is 4.42 Å². The Morgan fingerprint density at radius 3 is 2.44 bits per heavy atom. The molecule has 1 amide bonds. The molecule has 0 N–H and O–H groups in total. The van der Waals surface area contributed by atoms with E-state index in [1.807, 2.05) is 53.4 Å². The van der Waals surface area contributed by atoms with E-state index in [0.717, 1.165) is 17.7 Å². The minimum Gasteiger partial charge on any atom is -0.467 e. The lowest BCUT2D eigenvalue weighted by molar-refractivity contribution is -0.132. The molecule has 3 nitrogen and oxygen atoms in total. The summed E-state index contributed by atoms with van der Waals surface area (Å²) in [5, 5.41) is 0. The molecule has 0 aliphatic rings. The Morgan fingerprint density at radius 2 is 1.72 bits per heavy atom. The van der Waals surface area contributed by atoms with E-state index in [1.165, 1.54) is 11.1 Å². The summed E-state index contributed by atoms with van der Waals surface area (Å²) in [6, 6.07) is 22.2. The summed E-state index contributed by atoms with van der Waals surface area (Å²) in [7, 11) is 0. The van der Waals surface area contributed by atoms with E-state index in [-0.39, 0.29) is 5.91 Å². The molecule has 3 aromatic rings. The van der Waals surface area contributed by atoms with Crippen molar-refractivity contribution in [2.45, 2.75) is 32.9 Å². The fourth-order valence-electron chi connectivity index (χ4n) is 2.90. The van der Waals surface area contributed by atoms with Crippen molar-refractivity contribution in [3.63, 3.8) is 0 Å². The minimum absolute atomic E-state index is 0.141. The van der Waals surface area contributed by atoms with Gasteiger partial charge in [0.15, 0.2) is 0 Å². The number of hydrogen-bond acceptors (Lipinski definition) is 2. The first kappa shape index (κ1) is 17.0. The molecule has 1 aromatic heterocycles. The zero-order valence-corrected chi connectivity index (χ0v) is 14.5. The van der Waals surface area contributed by atoms with Crippen LogP contribution in [0.25, 0.3) is 0 Å². The van der Waals surface area contributed by atoms with Crippen molar-refractivity contribution in [3.05, 3.63) is 95.4 Å². The van der Waals surface area contributed by atoms with Gasteiger partial charge in [0.25, 0.3) is 0 Å². The Balaban J connectivity index is 1.67. The van der Waals surface area contributed by atoms with Gasteiger partial charge in [-0.2, -0.15) is 0 Å².